The lowest BCUT2D eigenvalue weighted by Gasteiger charge is -2.27. The van der Waals surface area contributed by atoms with Crippen LogP contribution < -0.4 is 14.2 Å². The highest BCUT2D eigenvalue weighted by molar-refractivity contribution is 5.91. The lowest BCUT2D eigenvalue weighted by atomic mass is 10.1. The van der Waals surface area contributed by atoms with E-state index in [9.17, 15) is 9.59 Å². The number of carbonyl (C=O) groups excluding carboxylic acids is 2. The van der Waals surface area contributed by atoms with Crippen LogP contribution in [0.1, 0.15) is 56.0 Å². The summed E-state index contributed by atoms with van der Waals surface area (Å²) in [6.45, 7) is 10.3. The molecule has 0 aromatic heterocycles. The number of amides is 1. The maximum atomic E-state index is 12.6. The highest BCUT2D eigenvalue weighted by atomic mass is 16.6. The molecule has 1 saturated heterocycles. The van der Waals surface area contributed by atoms with Crippen molar-refractivity contribution < 1.29 is 38.0 Å². The van der Waals surface area contributed by atoms with E-state index < -0.39 is 11.6 Å². The Hall–Kier alpha value is -3.50. The predicted octanol–water partition coefficient (Wildman–Crippen LogP) is 5.18. The van der Waals surface area contributed by atoms with Crippen LogP contribution in [-0.2, 0) is 20.8 Å². The van der Waals surface area contributed by atoms with Crippen molar-refractivity contribution in [3.05, 3.63) is 53.6 Å². The number of methoxy groups -OCH3 is 3. The minimum absolute atomic E-state index is 0.0768. The largest absolute Gasteiger partial charge is 0.493 e. The number of ether oxygens (including phenoxy) is 6. The van der Waals surface area contributed by atoms with Crippen molar-refractivity contribution in [2.24, 2.45) is 0 Å². The number of nitrogens with zero attached hydrogens (tertiary/aromatic N) is 2. The van der Waals surface area contributed by atoms with E-state index in [1.807, 2.05) is 51.1 Å². The standard InChI is InChI=1S/C32H46N2O8/c1-32(2,3)42-31(36)34-16-10-15-33(18-19-34)17-13-26(41-23-24-11-8-7-9-12-24)14-20-40-28-22-25(30(35)39-6)21-27(37-4)29(28)38-5/h7-9,11-12,21-22,26H,10,13-20,23H2,1-6H3/t26-/m0/s1. The van der Waals surface area contributed by atoms with Gasteiger partial charge in [-0.1, -0.05) is 30.3 Å². The van der Waals surface area contributed by atoms with Gasteiger partial charge in [-0.3, -0.25) is 0 Å². The monoisotopic (exact) mass is 586 g/mol. The number of carbonyl (C=O) groups is 2. The van der Waals surface area contributed by atoms with Crippen LogP contribution in [0.2, 0.25) is 0 Å². The molecular weight excluding hydrogens is 540 g/mol. The van der Waals surface area contributed by atoms with Gasteiger partial charge in [0, 0.05) is 32.6 Å². The molecule has 1 atom stereocenters. The van der Waals surface area contributed by atoms with Crippen LogP contribution in [0.15, 0.2) is 42.5 Å². The molecule has 0 N–H and O–H groups in total. The second kappa shape index (κ2) is 16.2. The van der Waals surface area contributed by atoms with Gasteiger partial charge in [0.05, 0.1) is 46.2 Å². The molecule has 1 aliphatic heterocycles. The molecule has 2 aromatic rings. The Labute approximate surface area is 249 Å². The summed E-state index contributed by atoms with van der Waals surface area (Å²) in [6.07, 6.45) is 1.97. The summed E-state index contributed by atoms with van der Waals surface area (Å²) < 4.78 is 33.9. The number of benzene rings is 2. The number of hydrogen-bond donors (Lipinski definition) is 0. The van der Waals surface area contributed by atoms with E-state index in [-0.39, 0.29) is 12.2 Å². The lowest BCUT2D eigenvalue weighted by molar-refractivity contribution is 0.0142. The summed E-state index contributed by atoms with van der Waals surface area (Å²) in [5.41, 5.74) is 0.900. The van der Waals surface area contributed by atoms with Crippen molar-refractivity contribution in [2.75, 3.05) is 60.7 Å². The third kappa shape index (κ3) is 10.4. The zero-order chi connectivity index (χ0) is 30.5. The van der Waals surface area contributed by atoms with Crippen LogP contribution in [0.25, 0.3) is 0 Å². The highest BCUT2D eigenvalue weighted by Gasteiger charge is 2.25. The van der Waals surface area contributed by atoms with E-state index in [2.05, 4.69) is 4.90 Å². The summed E-state index contributed by atoms with van der Waals surface area (Å²) >= 11 is 0. The lowest BCUT2D eigenvalue weighted by Crippen LogP contribution is -2.39. The second-order valence-corrected chi connectivity index (χ2v) is 11.2. The Morgan fingerprint density at radius 1 is 0.905 bits per heavy atom. The first kappa shape index (κ1) is 33.0. The molecule has 10 nitrogen and oxygen atoms in total. The topological polar surface area (TPSA) is 96.0 Å². The van der Waals surface area contributed by atoms with Gasteiger partial charge in [-0.2, -0.15) is 0 Å². The van der Waals surface area contributed by atoms with Crippen LogP contribution in [0.5, 0.6) is 17.2 Å². The van der Waals surface area contributed by atoms with Gasteiger partial charge in [-0.25, -0.2) is 9.59 Å². The quantitative estimate of drug-likeness (QED) is 0.294. The van der Waals surface area contributed by atoms with E-state index in [1.165, 1.54) is 21.3 Å². The van der Waals surface area contributed by atoms with Gasteiger partial charge in [0.1, 0.15) is 5.60 Å². The van der Waals surface area contributed by atoms with Gasteiger partial charge in [-0.15, -0.1) is 0 Å². The Balaban J connectivity index is 1.62. The number of esters is 1. The molecule has 42 heavy (non-hydrogen) atoms. The van der Waals surface area contributed by atoms with E-state index >= 15 is 0 Å². The van der Waals surface area contributed by atoms with Crippen molar-refractivity contribution in [3.63, 3.8) is 0 Å². The Kier molecular flexibility index (Phi) is 12.7. The van der Waals surface area contributed by atoms with Gasteiger partial charge >= 0.3 is 12.1 Å². The summed E-state index contributed by atoms with van der Waals surface area (Å²) in [7, 11) is 4.36. The van der Waals surface area contributed by atoms with Crippen LogP contribution in [0, 0.1) is 0 Å². The smallest absolute Gasteiger partial charge is 0.410 e. The van der Waals surface area contributed by atoms with Crippen LogP contribution in [0.3, 0.4) is 0 Å². The Morgan fingerprint density at radius 2 is 1.64 bits per heavy atom. The molecule has 0 radical (unpaired) electrons. The van der Waals surface area contributed by atoms with Gasteiger partial charge < -0.3 is 38.2 Å². The number of hydrogen-bond acceptors (Lipinski definition) is 9. The molecule has 1 heterocycles. The first-order valence-electron chi connectivity index (χ1n) is 14.5. The minimum atomic E-state index is -0.510. The minimum Gasteiger partial charge on any atom is -0.493 e. The van der Waals surface area contributed by atoms with E-state index in [4.69, 9.17) is 28.4 Å². The molecule has 0 spiro atoms. The molecule has 0 aliphatic carbocycles. The maximum Gasteiger partial charge on any atom is 0.410 e. The van der Waals surface area contributed by atoms with E-state index in [0.717, 1.165) is 38.0 Å². The second-order valence-electron chi connectivity index (χ2n) is 11.2. The zero-order valence-corrected chi connectivity index (χ0v) is 25.9. The van der Waals surface area contributed by atoms with Crippen molar-refractivity contribution in [2.45, 2.75) is 58.3 Å². The molecule has 1 amide bonds. The fraction of sp³-hybridized carbons (Fsp3) is 0.562. The molecule has 10 heteroatoms. The average Bonchev–Trinajstić information content (AvgIpc) is 3.23. The molecule has 0 unspecified atom stereocenters. The number of rotatable bonds is 13. The summed E-state index contributed by atoms with van der Waals surface area (Å²) in [5.74, 6) is 0.696. The molecule has 232 valence electrons. The van der Waals surface area contributed by atoms with Crippen molar-refractivity contribution in [3.8, 4) is 17.2 Å². The summed E-state index contributed by atoms with van der Waals surface area (Å²) in [6, 6.07) is 13.2. The van der Waals surface area contributed by atoms with Crippen LogP contribution >= 0.6 is 0 Å². The van der Waals surface area contributed by atoms with Crippen LogP contribution in [-0.4, -0.2) is 94.2 Å². The molecule has 0 bridgehead atoms. The highest BCUT2D eigenvalue weighted by Crippen LogP contribution is 2.38. The summed E-state index contributed by atoms with van der Waals surface area (Å²) in [5, 5.41) is 0. The zero-order valence-electron chi connectivity index (χ0n) is 25.9. The average molecular weight is 587 g/mol. The first-order valence-corrected chi connectivity index (χ1v) is 14.5. The molecule has 0 saturated carbocycles. The predicted molar refractivity (Wildman–Crippen MR) is 159 cm³/mol. The summed E-state index contributed by atoms with van der Waals surface area (Å²) in [4.78, 5) is 28.9. The van der Waals surface area contributed by atoms with E-state index in [1.54, 1.807) is 17.0 Å². The Bertz CT molecular complexity index is 1140. The fourth-order valence-electron chi connectivity index (χ4n) is 4.70. The van der Waals surface area contributed by atoms with Gasteiger partial charge in [0.25, 0.3) is 0 Å². The van der Waals surface area contributed by atoms with Gasteiger partial charge in [0.15, 0.2) is 11.5 Å². The third-order valence-electron chi connectivity index (χ3n) is 6.90. The molecular formula is C32H46N2O8. The maximum absolute atomic E-state index is 12.6. The van der Waals surface area contributed by atoms with E-state index in [0.29, 0.717) is 55.5 Å². The normalized spacial score (nSPS) is 15.0. The third-order valence-corrected chi connectivity index (χ3v) is 6.90. The SMILES string of the molecule is COC(=O)c1cc(OC)c(OC)c(OCC[C@H](CCN2CCCN(C(=O)OC(C)(C)C)CC2)OCc2ccccc2)c1. The van der Waals surface area contributed by atoms with Crippen molar-refractivity contribution in [1.29, 1.82) is 0 Å². The molecule has 1 aliphatic rings. The fourth-order valence-corrected chi connectivity index (χ4v) is 4.70. The van der Waals surface area contributed by atoms with Crippen LogP contribution in [0.4, 0.5) is 4.79 Å². The molecule has 2 aromatic carbocycles. The Morgan fingerprint density at radius 3 is 2.31 bits per heavy atom. The van der Waals surface area contributed by atoms with Crippen molar-refractivity contribution in [1.82, 2.24) is 9.80 Å². The first-order chi connectivity index (χ1) is 20.1. The van der Waals surface area contributed by atoms with Crippen molar-refractivity contribution >= 4 is 12.1 Å². The molecule has 3 rings (SSSR count). The van der Waals surface area contributed by atoms with Gasteiger partial charge in [0.2, 0.25) is 5.75 Å². The molecule has 1 fully saturated rings. The van der Waals surface area contributed by atoms with Gasteiger partial charge in [-0.05, 0) is 57.9 Å².